The zero-order valence-corrected chi connectivity index (χ0v) is 9.00. The molecule has 0 aromatic rings. The van der Waals surface area contributed by atoms with Gasteiger partial charge in [-0.1, -0.05) is 19.6 Å². The maximum Gasteiger partial charge on any atom is 0.320 e. The van der Waals surface area contributed by atoms with Crippen molar-refractivity contribution in [3.63, 3.8) is 0 Å². The topological polar surface area (TPSA) is 40.5 Å². The Kier molecular flexibility index (Phi) is 2.58. The molecule has 1 fully saturated rings. The maximum absolute atomic E-state index is 10.8. The Balaban J connectivity index is 2.71. The first-order valence-electron chi connectivity index (χ1n) is 4.42. The van der Waals surface area contributed by atoms with Crippen LogP contribution in [0.5, 0.6) is 0 Å². The third-order valence-electron chi connectivity index (χ3n) is 2.40. The zero-order chi connectivity index (χ0) is 9.35. The molecule has 0 saturated carbocycles. The predicted molar refractivity (Wildman–Crippen MR) is 50.7 cm³/mol. The lowest BCUT2D eigenvalue weighted by Gasteiger charge is -2.33. The van der Waals surface area contributed by atoms with Gasteiger partial charge in [0.15, 0.2) is 0 Å². The summed E-state index contributed by atoms with van der Waals surface area (Å²) in [5, 5.41) is 8.93. The molecular weight excluding hydrogens is 170 g/mol. The van der Waals surface area contributed by atoms with Gasteiger partial charge in [0.05, 0.1) is 0 Å². The number of nitrogens with zero attached hydrogens (tertiary/aromatic N) is 1. The molecule has 1 aliphatic heterocycles. The summed E-state index contributed by atoms with van der Waals surface area (Å²) in [4.78, 5) is 10.8. The molecule has 1 rings (SSSR count). The van der Waals surface area contributed by atoms with Crippen LogP contribution in [0.2, 0.25) is 19.6 Å². The minimum atomic E-state index is -1.40. The molecule has 1 atom stereocenters. The van der Waals surface area contributed by atoms with Crippen molar-refractivity contribution in [2.24, 2.45) is 0 Å². The Morgan fingerprint density at radius 1 is 1.50 bits per heavy atom. The highest BCUT2D eigenvalue weighted by atomic mass is 28.3. The monoisotopic (exact) mass is 187 g/mol. The van der Waals surface area contributed by atoms with Crippen LogP contribution in [-0.2, 0) is 4.79 Å². The average Bonchev–Trinajstić information content (AvgIpc) is 2.30. The number of aliphatic carboxylic acids is 1. The fourth-order valence-electron chi connectivity index (χ4n) is 1.83. The molecule has 1 saturated heterocycles. The third-order valence-corrected chi connectivity index (χ3v) is 4.66. The molecule has 0 aromatic heterocycles. The Labute approximate surface area is 74.5 Å². The summed E-state index contributed by atoms with van der Waals surface area (Å²) in [6.07, 6.45) is 1.88. The predicted octanol–water partition coefficient (Wildman–Crippen LogP) is 1.37. The number of hydrogen-bond acceptors (Lipinski definition) is 2. The van der Waals surface area contributed by atoms with E-state index in [0.29, 0.717) is 0 Å². The van der Waals surface area contributed by atoms with Gasteiger partial charge < -0.3 is 9.67 Å². The molecular formula is C8H17NO2Si. The maximum atomic E-state index is 10.8. The summed E-state index contributed by atoms with van der Waals surface area (Å²) in [6, 6.07) is -0.198. The van der Waals surface area contributed by atoms with E-state index in [-0.39, 0.29) is 6.04 Å². The minimum absolute atomic E-state index is 0.198. The van der Waals surface area contributed by atoms with Crippen molar-refractivity contribution in [1.29, 1.82) is 0 Å². The van der Waals surface area contributed by atoms with Gasteiger partial charge in [-0.2, -0.15) is 0 Å². The van der Waals surface area contributed by atoms with Crippen molar-refractivity contribution in [2.45, 2.75) is 38.5 Å². The van der Waals surface area contributed by atoms with Gasteiger partial charge in [-0.05, 0) is 19.4 Å². The first-order chi connectivity index (χ1) is 5.43. The van der Waals surface area contributed by atoms with Crippen LogP contribution in [0.4, 0.5) is 0 Å². The molecule has 0 aromatic carbocycles. The van der Waals surface area contributed by atoms with Crippen LogP contribution in [0.15, 0.2) is 0 Å². The highest BCUT2D eigenvalue weighted by Gasteiger charge is 2.37. The van der Waals surface area contributed by atoms with Crippen LogP contribution in [0.3, 0.4) is 0 Å². The highest BCUT2D eigenvalue weighted by Crippen LogP contribution is 2.23. The molecule has 0 aliphatic carbocycles. The second-order valence-electron chi connectivity index (χ2n) is 4.36. The van der Waals surface area contributed by atoms with Crippen LogP contribution < -0.4 is 0 Å². The fraction of sp³-hybridized carbons (Fsp3) is 0.875. The van der Waals surface area contributed by atoms with Crippen molar-refractivity contribution < 1.29 is 9.90 Å². The smallest absolute Gasteiger partial charge is 0.320 e. The Morgan fingerprint density at radius 3 is 2.42 bits per heavy atom. The number of carbonyl (C=O) groups is 1. The molecule has 1 aliphatic rings. The van der Waals surface area contributed by atoms with E-state index in [1.165, 1.54) is 0 Å². The Hall–Kier alpha value is -0.353. The normalized spacial score (nSPS) is 26.1. The molecule has 12 heavy (non-hydrogen) atoms. The van der Waals surface area contributed by atoms with Gasteiger partial charge in [-0.15, -0.1) is 0 Å². The first-order valence-corrected chi connectivity index (χ1v) is 7.87. The molecule has 1 heterocycles. The van der Waals surface area contributed by atoms with Crippen molar-refractivity contribution in [3.05, 3.63) is 0 Å². The summed E-state index contributed by atoms with van der Waals surface area (Å²) in [5.74, 6) is -0.644. The van der Waals surface area contributed by atoms with Gasteiger partial charge in [-0.3, -0.25) is 4.79 Å². The van der Waals surface area contributed by atoms with Crippen molar-refractivity contribution >= 4 is 14.2 Å². The summed E-state index contributed by atoms with van der Waals surface area (Å²) in [7, 11) is -1.40. The van der Waals surface area contributed by atoms with Crippen LogP contribution in [-0.4, -0.2) is 36.5 Å². The lowest BCUT2D eigenvalue weighted by molar-refractivity contribution is -0.140. The lowest BCUT2D eigenvalue weighted by Crippen LogP contribution is -2.51. The van der Waals surface area contributed by atoms with E-state index in [0.717, 1.165) is 19.4 Å². The van der Waals surface area contributed by atoms with Crippen LogP contribution >= 0.6 is 0 Å². The van der Waals surface area contributed by atoms with Gasteiger partial charge in [0.2, 0.25) is 0 Å². The van der Waals surface area contributed by atoms with Crippen molar-refractivity contribution in [2.75, 3.05) is 6.54 Å². The van der Waals surface area contributed by atoms with Crippen molar-refractivity contribution in [1.82, 2.24) is 4.57 Å². The van der Waals surface area contributed by atoms with E-state index < -0.39 is 14.2 Å². The minimum Gasteiger partial charge on any atom is -0.480 e. The lowest BCUT2D eigenvalue weighted by atomic mass is 10.2. The van der Waals surface area contributed by atoms with E-state index in [1.807, 2.05) is 0 Å². The number of carboxylic acids is 1. The van der Waals surface area contributed by atoms with Gasteiger partial charge in [0.25, 0.3) is 0 Å². The summed E-state index contributed by atoms with van der Waals surface area (Å²) in [6.45, 7) is 7.59. The molecule has 4 heteroatoms. The SMILES string of the molecule is C[Si](C)(C)N1CCC[C@H]1C(=O)O. The first kappa shape index (κ1) is 9.73. The zero-order valence-electron chi connectivity index (χ0n) is 8.00. The fourth-order valence-corrected chi connectivity index (χ4v) is 3.83. The highest BCUT2D eigenvalue weighted by molar-refractivity contribution is 6.73. The van der Waals surface area contributed by atoms with Gasteiger partial charge in [-0.25, -0.2) is 0 Å². The van der Waals surface area contributed by atoms with Gasteiger partial charge in [0.1, 0.15) is 14.3 Å². The molecule has 0 spiro atoms. The van der Waals surface area contributed by atoms with Crippen molar-refractivity contribution in [3.8, 4) is 0 Å². The summed E-state index contributed by atoms with van der Waals surface area (Å²) < 4.78 is 2.20. The van der Waals surface area contributed by atoms with E-state index in [1.54, 1.807) is 0 Å². The third kappa shape index (κ3) is 1.87. The van der Waals surface area contributed by atoms with E-state index in [2.05, 4.69) is 24.2 Å². The van der Waals surface area contributed by atoms with Gasteiger partial charge in [0, 0.05) is 0 Å². The largest absolute Gasteiger partial charge is 0.480 e. The molecule has 0 radical (unpaired) electrons. The molecule has 1 N–H and O–H groups in total. The Bertz CT molecular complexity index is 188. The summed E-state index contributed by atoms with van der Waals surface area (Å²) >= 11 is 0. The standard InChI is InChI=1S/C8H17NO2Si/c1-12(2,3)9-6-4-5-7(9)8(10)11/h7H,4-6H2,1-3H3,(H,10,11)/t7-/m0/s1. The van der Waals surface area contributed by atoms with Gasteiger partial charge >= 0.3 is 5.97 Å². The quantitative estimate of drug-likeness (QED) is 0.664. The van der Waals surface area contributed by atoms with Crippen LogP contribution in [0, 0.1) is 0 Å². The van der Waals surface area contributed by atoms with E-state index in [9.17, 15) is 4.79 Å². The second kappa shape index (κ2) is 3.18. The molecule has 0 unspecified atom stereocenters. The Morgan fingerprint density at radius 2 is 2.08 bits per heavy atom. The van der Waals surface area contributed by atoms with Crippen LogP contribution in [0.1, 0.15) is 12.8 Å². The molecule has 0 bridgehead atoms. The van der Waals surface area contributed by atoms with Crippen LogP contribution in [0.25, 0.3) is 0 Å². The van der Waals surface area contributed by atoms with E-state index in [4.69, 9.17) is 5.11 Å². The van der Waals surface area contributed by atoms with E-state index >= 15 is 0 Å². The molecule has 70 valence electrons. The second-order valence-corrected chi connectivity index (χ2v) is 9.28. The number of carboxylic acid groups (broad SMARTS) is 1. The number of rotatable bonds is 2. The number of hydrogen-bond donors (Lipinski definition) is 1. The summed E-state index contributed by atoms with van der Waals surface area (Å²) in [5.41, 5.74) is 0. The molecule has 3 nitrogen and oxygen atoms in total. The average molecular weight is 187 g/mol. The molecule has 0 amide bonds.